The minimum Gasteiger partial charge on any atom is -0.381 e. The van der Waals surface area contributed by atoms with Gasteiger partial charge in [0, 0.05) is 36.9 Å². The van der Waals surface area contributed by atoms with E-state index in [4.69, 9.17) is 4.74 Å². The van der Waals surface area contributed by atoms with Crippen molar-refractivity contribution in [2.45, 2.75) is 45.8 Å². The fourth-order valence-electron chi connectivity index (χ4n) is 2.27. The first-order valence-electron chi connectivity index (χ1n) is 8.31. The smallest absolute Gasteiger partial charge is 0.136 e. The summed E-state index contributed by atoms with van der Waals surface area (Å²) in [5.74, 6) is 1.66. The molecule has 24 heavy (non-hydrogen) atoms. The monoisotopic (exact) mass is 328 g/mol. The first kappa shape index (κ1) is 18.2. The van der Waals surface area contributed by atoms with Crippen LogP contribution in [0.4, 0.5) is 11.5 Å². The number of hydrogen-bond acceptors (Lipinski definition) is 5. The van der Waals surface area contributed by atoms with Crippen LogP contribution in [0, 0.1) is 0 Å². The van der Waals surface area contributed by atoms with Crippen LogP contribution in [0.1, 0.15) is 39.2 Å². The van der Waals surface area contributed by atoms with E-state index in [0.717, 1.165) is 29.6 Å². The molecule has 1 atom stereocenters. The molecular formula is C19H28N4O. The SMILES string of the molecule is COCc1cc(NCC(C)Nc2ccccc2)nc(C(C)(C)C)n1. The second-order valence-electron chi connectivity index (χ2n) is 7.04. The molecule has 0 radical (unpaired) electrons. The molecule has 2 N–H and O–H groups in total. The molecule has 0 aliphatic heterocycles. The zero-order chi connectivity index (χ0) is 17.6. The predicted octanol–water partition coefficient (Wildman–Crippen LogP) is 3.83. The second-order valence-corrected chi connectivity index (χ2v) is 7.04. The molecule has 0 fully saturated rings. The van der Waals surface area contributed by atoms with E-state index < -0.39 is 0 Å². The highest BCUT2D eigenvalue weighted by Crippen LogP contribution is 2.21. The van der Waals surface area contributed by atoms with Crippen molar-refractivity contribution in [1.29, 1.82) is 0 Å². The molecule has 1 heterocycles. The van der Waals surface area contributed by atoms with E-state index in [0.29, 0.717) is 6.61 Å². The number of hydrogen-bond donors (Lipinski definition) is 2. The van der Waals surface area contributed by atoms with Crippen LogP contribution in [0.25, 0.3) is 0 Å². The summed E-state index contributed by atoms with van der Waals surface area (Å²) in [6, 6.07) is 12.4. The molecule has 5 heteroatoms. The minimum atomic E-state index is -0.103. The number of rotatable bonds is 7. The van der Waals surface area contributed by atoms with Gasteiger partial charge in [-0.05, 0) is 19.1 Å². The molecule has 130 valence electrons. The lowest BCUT2D eigenvalue weighted by atomic mass is 9.95. The zero-order valence-corrected chi connectivity index (χ0v) is 15.3. The van der Waals surface area contributed by atoms with Crippen molar-refractivity contribution in [3.63, 3.8) is 0 Å². The minimum absolute atomic E-state index is 0.103. The molecule has 1 aromatic heterocycles. The van der Waals surface area contributed by atoms with E-state index in [2.05, 4.69) is 60.4 Å². The van der Waals surface area contributed by atoms with Crippen LogP contribution in [0.3, 0.4) is 0 Å². The molecule has 0 aliphatic carbocycles. The van der Waals surface area contributed by atoms with E-state index in [1.807, 2.05) is 24.3 Å². The standard InChI is InChI=1S/C19H28N4O/c1-14(21-15-9-7-6-8-10-15)12-20-17-11-16(13-24-5)22-18(23-17)19(2,3)4/h6-11,14,21H,12-13H2,1-5H3,(H,20,22,23). The van der Waals surface area contributed by atoms with Gasteiger partial charge >= 0.3 is 0 Å². The van der Waals surface area contributed by atoms with Crippen molar-refractivity contribution >= 4 is 11.5 Å². The molecule has 0 spiro atoms. The number of aromatic nitrogens is 2. The molecule has 0 saturated heterocycles. The van der Waals surface area contributed by atoms with Crippen LogP contribution in [0.5, 0.6) is 0 Å². The van der Waals surface area contributed by atoms with Gasteiger partial charge in [-0.2, -0.15) is 0 Å². The maximum Gasteiger partial charge on any atom is 0.136 e. The average molecular weight is 328 g/mol. The van der Waals surface area contributed by atoms with Crippen molar-refractivity contribution in [3.8, 4) is 0 Å². The van der Waals surface area contributed by atoms with Gasteiger partial charge in [0.15, 0.2) is 0 Å². The number of para-hydroxylation sites is 1. The van der Waals surface area contributed by atoms with Gasteiger partial charge < -0.3 is 15.4 Å². The van der Waals surface area contributed by atoms with Crippen molar-refractivity contribution in [1.82, 2.24) is 9.97 Å². The lowest BCUT2D eigenvalue weighted by Gasteiger charge is -2.20. The normalized spacial score (nSPS) is 12.7. The quantitative estimate of drug-likeness (QED) is 0.809. The Bertz CT molecular complexity index is 638. The van der Waals surface area contributed by atoms with E-state index in [1.165, 1.54) is 0 Å². The van der Waals surface area contributed by atoms with Crippen molar-refractivity contribution < 1.29 is 4.74 Å². The highest BCUT2D eigenvalue weighted by atomic mass is 16.5. The Morgan fingerprint density at radius 2 is 1.83 bits per heavy atom. The van der Waals surface area contributed by atoms with Gasteiger partial charge in [0.25, 0.3) is 0 Å². The Morgan fingerprint density at radius 3 is 2.46 bits per heavy atom. The summed E-state index contributed by atoms with van der Waals surface area (Å²) in [4.78, 5) is 9.26. The van der Waals surface area contributed by atoms with Crippen LogP contribution in [-0.4, -0.2) is 29.7 Å². The van der Waals surface area contributed by atoms with Gasteiger partial charge in [0.1, 0.15) is 11.6 Å². The zero-order valence-electron chi connectivity index (χ0n) is 15.3. The highest BCUT2D eigenvalue weighted by molar-refractivity contribution is 5.44. The number of anilines is 2. The number of ether oxygens (including phenoxy) is 1. The van der Waals surface area contributed by atoms with Crippen LogP contribution in [-0.2, 0) is 16.8 Å². The van der Waals surface area contributed by atoms with Crippen molar-refractivity contribution in [2.24, 2.45) is 0 Å². The Hall–Kier alpha value is -2.14. The van der Waals surface area contributed by atoms with Gasteiger partial charge in [0.05, 0.1) is 12.3 Å². The molecule has 0 amide bonds. The summed E-state index contributed by atoms with van der Waals surface area (Å²) in [6.45, 7) is 9.73. The van der Waals surface area contributed by atoms with Gasteiger partial charge in [-0.3, -0.25) is 0 Å². The number of nitrogens with one attached hydrogen (secondary N) is 2. The van der Waals surface area contributed by atoms with Crippen LogP contribution in [0.15, 0.2) is 36.4 Å². The Kier molecular flexibility index (Phi) is 6.15. The molecule has 0 bridgehead atoms. The van der Waals surface area contributed by atoms with E-state index >= 15 is 0 Å². The molecule has 2 aromatic rings. The van der Waals surface area contributed by atoms with Crippen molar-refractivity contribution in [3.05, 3.63) is 47.9 Å². The topological polar surface area (TPSA) is 59.1 Å². The lowest BCUT2D eigenvalue weighted by Crippen LogP contribution is -2.26. The fraction of sp³-hybridized carbons (Fsp3) is 0.474. The van der Waals surface area contributed by atoms with Gasteiger partial charge in [0.2, 0.25) is 0 Å². The fourth-order valence-corrected chi connectivity index (χ4v) is 2.27. The van der Waals surface area contributed by atoms with Crippen molar-refractivity contribution in [2.75, 3.05) is 24.3 Å². The maximum absolute atomic E-state index is 5.22. The first-order valence-corrected chi connectivity index (χ1v) is 8.31. The Balaban J connectivity index is 2.04. The van der Waals surface area contributed by atoms with E-state index in [9.17, 15) is 0 Å². The van der Waals surface area contributed by atoms with Crippen LogP contribution < -0.4 is 10.6 Å². The van der Waals surface area contributed by atoms with Gasteiger partial charge in [-0.25, -0.2) is 9.97 Å². The van der Waals surface area contributed by atoms with Crippen LogP contribution >= 0.6 is 0 Å². The van der Waals surface area contributed by atoms with E-state index in [-0.39, 0.29) is 11.5 Å². The Morgan fingerprint density at radius 1 is 1.12 bits per heavy atom. The molecule has 1 unspecified atom stereocenters. The summed E-state index contributed by atoms with van der Waals surface area (Å²) in [6.07, 6.45) is 0. The second kappa shape index (κ2) is 8.11. The van der Waals surface area contributed by atoms with Gasteiger partial charge in [-0.1, -0.05) is 39.0 Å². The highest BCUT2D eigenvalue weighted by Gasteiger charge is 2.19. The molecule has 5 nitrogen and oxygen atoms in total. The lowest BCUT2D eigenvalue weighted by molar-refractivity contribution is 0.181. The maximum atomic E-state index is 5.22. The third-order valence-corrected chi connectivity index (χ3v) is 3.52. The van der Waals surface area contributed by atoms with E-state index in [1.54, 1.807) is 7.11 Å². The summed E-state index contributed by atoms with van der Waals surface area (Å²) in [5, 5.41) is 6.87. The largest absolute Gasteiger partial charge is 0.381 e. The first-order chi connectivity index (χ1) is 11.4. The molecule has 0 aliphatic rings. The Labute approximate surface area is 144 Å². The number of benzene rings is 1. The molecule has 1 aromatic carbocycles. The number of nitrogens with zero attached hydrogens (tertiary/aromatic N) is 2. The van der Waals surface area contributed by atoms with Gasteiger partial charge in [-0.15, -0.1) is 0 Å². The predicted molar refractivity (Wildman–Crippen MR) is 99.5 cm³/mol. The summed E-state index contributed by atoms with van der Waals surface area (Å²) >= 11 is 0. The summed E-state index contributed by atoms with van der Waals surface area (Å²) in [5.41, 5.74) is 1.90. The van der Waals surface area contributed by atoms with Crippen LogP contribution in [0.2, 0.25) is 0 Å². The third kappa shape index (κ3) is 5.49. The molecule has 0 saturated carbocycles. The molecule has 2 rings (SSSR count). The summed E-state index contributed by atoms with van der Waals surface area (Å²) in [7, 11) is 1.68. The third-order valence-electron chi connectivity index (χ3n) is 3.52. The molecular weight excluding hydrogens is 300 g/mol. The summed E-state index contributed by atoms with van der Waals surface area (Å²) < 4.78 is 5.22. The number of methoxy groups -OCH3 is 1. The average Bonchev–Trinajstić information content (AvgIpc) is 2.53.